The average molecular weight is 1070 g/mol. The lowest BCUT2D eigenvalue weighted by molar-refractivity contribution is -0.137. The number of nitrogens with one attached hydrogen (secondary N) is 2. The molecule has 0 saturated carbocycles. The zero-order chi connectivity index (χ0) is 51.9. The van der Waals surface area contributed by atoms with Gasteiger partial charge in [0.15, 0.2) is 17.7 Å². The quantitative estimate of drug-likeness (QED) is 0.0332. The predicted molar refractivity (Wildman–Crippen MR) is 252 cm³/mol. The Morgan fingerprint density at radius 2 is 1.49 bits per heavy atom. The number of primary amides is 1. The van der Waals surface area contributed by atoms with Gasteiger partial charge in [0.2, 0.25) is 22.8 Å². The molecule has 0 bridgehead atoms. The van der Waals surface area contributed by atoms with Crippen molar-refractivity contribution < 1.29 is 85.3 Å². The van der Waals surface area contributed by atoms with E-state index in [1.165, 1.54) is 19.9 Å². The molecule has 5 aromatic rings. The molecule has 1 fully saturated rings. The minimum atomic E-state index is -5.61. The number of carbonyl (C=O) groups is 4. The van der Waals surface area contributed by atoms with Crippen LogP contribution in [-0.4, -0.2) is 129 Å². The van der Waals surface area contributed by atoms with Gasteiger partial charge in [0, 0.05) is 41.8 Å². The SMILES string of the molecule is CC(C)(COP(=O)(O)OP(=O)(O)OCC1OC(n2cnc3c(N)ncnc32)C(O)C1OP(=O)(O)O)C(O)C(=O)NCCC(=O)NCCSC(=O)c1cc(C(N)=O)cc(-c2ccc(-c3ccccc3)cc2)c1. The third-order valence-corrected chi connectivity index (χ3v) is 14.5. The first-order valence-corrected chi connectivity index (χ1v) is 26.5. The zero-order valence-corrected chi connectivity index (χ0v) is 41.0. The van der Waals surface area contributed by atoms with Crippen molar-refractivity contribution in [3.63, 3.8) is 0 Å². The summed E-state index contributed by atoms with van der Waals surface area (Å²) in [6.45, 7) is 0.170. The van der Waals surface area contributed by atoms with Crippen LogP contribution in [0.4, 0.5) is 5.82 Å². The van der Waals surface area contributed by atoms with E-state index < -0.39 is 90.5 Å². The second kappa shape index (κ2) is 23.1. The minimum absolute atomic E-state index is 0.0180. The van der Waals surface area contributed by atoms with Crippen LogP contribution in [0.25, 0.3) is 33.4 Å². The maximum absolute atomic E-state index is 13.2. The second-order valence-electron chi connectivity index (χ2n) is 16.3. The number of carbonyl (C=O) groups excluding carboxylic acids is 4. The van der Waals surface area contributed by atoms with E-state index in [4.69, 9.17) is 25.3 Å². The number of benzene rings is 3. The van der Waals surface area contributed by atoms with Gasteiger partial charge in [-0.3, -0.25) is 37.3 Å². The molecule has 71 heavy (non-hydrogen) atoms. The Hall–Kier alpha value is -5.31. The smallest absolute Gasteiger partial charge is 0.386 e. The van der Waals surface area contributed by atoms with Gasteiger partial charge in [-0.05, 0) is 40.5 Å². The summed E-state index contributed by atoms with van der Waals surface area (Å²) in [6.07, 6.45) is -7.15. The Bertz CT molecular complexity index is 2890. The number of nitrogen functional groups attached to an aromatic ring is 1. The first kappa shape index (κ1) is 55.0. The number of amides is 3. The summed E-state index contributed by atoms with van der Waals surface area (Å²) in [4.78, 5) is 102. The number of anilines is 1. The number of aliphatic hydroxyl groups excluding tert-OH is 2. The van der Waals surface area contributed by atoms with Crippen molar-refractivity contribution in [1.82, 2.24) is 30.2 Å². The average Bonchev–Trinajstić information content (AvgIpc) is 3.88. The van der Waals surface area contributed by atoms with Gasteiger partial charge in [-0.15, -0.1) is 0 Å². The summed E-state index contributed by atoms with van der Waals surface area (Å²) in [5.41, 5.74) is 13.5. The molecule has 1 saturated heterocycles. The fraction of sp³-hybridized carbons (Fsp3) is 0.341. The van der Waals surface area contributed by atoms with Crippen LogP contribution in [0.2, 0.25) is 0 Å². The predicted octanol–water partition coefficient (Wildman–Crippen LogP) is 2.41. The molecule has 26 nitrogen and oxygen atoms in total. The maximum Gasteiger partial charge on any atom is 0.481 e. The second-order valence-corrected chi connectivity index (χ2v) is 21.6. The molecular weight excluding hydrogens is 1020 g/mol. The van der Waals surface area contributed by atoms with Gasteiger partial charge in [0.05, 0.1) is 19.5 Å². The number of hydrogen-bond acceptors (Lipinski definition) is 19. The van der Waals surface area contributed by atoms with Gasteiger partial charge in [0.25, 0.3) is 0 Å². The van der Waals surface area contributed by atoms with Crippen molar-refractivity contribution in [2.45, 2.75) is 50.9 Å². The third-order valence-electron chi connectivity index (χ3n) is 10.5. The summed E-state index contributed by atoms with van der Waals surface area (Å²) in [7, 11) is -16.5. The number of phosphoric ester groups is 3. The Morgan fingerprint density at radius 3 is 2.15 bits per heavy atom. The third kappa shape index (κ3) is 14.9. The van der Waals surface area contributed by atoms with Crippen molar-refractivity contribution >= 4 is 75.0 Å². The highest BCUT2D eigenvalue weighted by Crippen LogP contribution is 2.61. The number of nitrogens with two attached hydrogens (primary N) is 2. The highest BCUT2D eigenvalue weighted by Gasteiger charge is 2.50. The van der Waals surface area contributed by atoms with Gasteiger partial charge in [-0.25, -0.2) is 28.6 Å². The molecule has 3 heterocycles. The highest BCUT2D eigenvalue weighted by atomic mass is 32.2. The van der Waals surface area contributed by atoms with Crippen LogP contribution in [0.1, 0.15) is 47.2 Å². The zero-order valence-electron chi connectivity index (χ0n) is 37.5. The summed E-state index contributed by atoms with van der Waals surface area (Å²) in [5, 5.41) is 26.2. The summed E-state index contributed by atoms with van der Waals surface area (Å²) in [5.74, 6) is -2.16. The van der Waals surface area contributed by atoms with E-state index in [-0.39, 0.29) is 58.5 Å². The standard InChI is InChI=1S/C41H49N8O18P3S/c1-41(2,20-64-70(61,62)67-69(59,60)63-19-29-33(66-68(56,57)58)32(51)39(65-29)49-22-48-31-35(42)46-21-47-37(31)49)34(52)38(54)45-13-12-30(50)44-14-15-71-40(55)28-17-26(16-27(18-28)36(43)53)25-10-8-24(9-11-25)23-6-4-3-5-7-23/h3-11,16-18,21-22,29,32-34,39,51-52H,12-15,19-20H2,1-2H3,(H2,43,53)(H,44,50)(H,45,54)(H,59,60)(H,61,62)(H2,42,46,47)(H2,56,57,58). The van der Waals surface area contributed by atoms with Crippen LogP contribution in [-0.2, 0) is 45.9 Å². The molecule has 3 aromatic carbocycles. The highest BCUT2D eigenvalue weighted by molar-refractivity contribution is 8.14. The lowest BCUT2D eigenvalue weighted by Crippen LogP contribution is -2.46. The van der Waals surface area contributed by atoms with E-state index in [0.29, 0.717) is 5.56 Å². The number of fused-ring (bicyclic) bond motifs is 1. The number of imidazole rings is 1. The van der Waals surface area contributed by atoms with Crippen LogP contribution < -0.4 is 22.1 Å². The lowest BCUT2D eigenvalue weighted by Gasteiger charge is -2.30. The first-order chi connectivity index (χ1) is 33.3. The Labute approximate surface area is 407 Å². The molecule has 3 amide bonds. The normalized spacial score (nSPS) is 19.4. The number of ether oxygens (including phenoxy) is 1. The van der Waals surface area contributed by atoms with E-state index in [0.717, 1.165) is 45.7 Å². The van der Waals surface area contributed by atoms with Crippen LogP contribution in [0.15, 0.2) is 85.5 Å². The number of phosphoric acid groups is 3. The largest absolute Gasteiger partial charge is 0.481 e. The molecule has 6 rings (SSSR count). The molecule has 7 unspecified atom stereocenters. The molecule has 2 aromatic heterocycles. The number of nitrogens with zero attached hydrogens (tertiary/aromatic N) is 4. The van der Waals surface area contributed by atoms with Crippen molar-refractivity contribution in [3.05, 3.63) is 96.6 Å². The van der Waals surface area contributed by atoms with Crippen molar-refractivity contribution in [2.75, 3.05) is 37.8 Å². The fourth-order valence-corrected chi connectivity index (χ4v) is 10.4. The van der Waals surface area contributed by atoms with Gasteiger partial charge in [-0.1, -0.05) is 80.2 Å². The number of aliphatic hydroxyl groups is 2. The van der Waals surface area contributed by atoms with Crippen molar-refractivity contribution in [1.29, 1.82) is 0 Å². The van der Waals surface area contributed by atoms with Crippen molar-refractivity contribution in [2.24, 2.45) is 11.1 Å². The Morgan fingerprint density at radius 1 is 0.859 bits per heavy atom. The molecule has 1 aliphatic heterocycles. The topological polar surface area (TPSA) is 407 Å². The number of hydrogen-bond donors (Lipinski definition) is 10. The molecule has 382 valence electrons. The molecule has 12 N–H and O–H groups in total. The first-order valence-electron chi connectivity index (χ1n) is 21.0. The molecule has 0 aliphatic carbocycles. The maximum atomic E-state index is 13.2. The molecule has 7 atom stereocenters. The molecular formula is C41H49N8O18P3S. The molecule has 0 radical (unpaired) electrons. The van der Waals surface area contributed by atoms with E-state index in [1.54, 1.807) is 12.1 Å². The lowest BCUT2D eigenvalue weighted by atomic mass is 9.87. The number of thioether (sulfide) groups is 1. The van der Waals surface area contributed by atoms with Gasteiger partial charge >= 0.3 is 23.5 Å². The van der Waals surface area contributed by atoms with Crippen molar-refractivity contribution in [3.8, 4) is 22.3 Å². The van der Waals surface area contributed by atoms with Crippen LogP contribution in [0.5, 0.6) is 0 Å². The van der Waals surface area contributed by atoms with Crippen LogP contribution >= 0.6 is 35.2 Å². The van der Waals surface area contributed by atoms with E-state index in [1.807, 2.05) is 54.6 Å². The van der Waals surface area contributed by atoms with E-state index >= 15 is 0 Å². The van der Waals surface area contributed by atoms with Crippen LogP contribution in [0.3, 0.4) is 0 Å². The van der Waals surface area contributed by atoms with E-state index in [9.17, 15) is 62.7 Å². The van der Waals surface area contributed by atoms with Gasteiger partial charge in [0.1, 0.15) is 36.3 Å². The molecule has 0 spiro atoms. The molecule has 30 heteroatoms. The summed E-state index contributed by atoms with van der Waals surface area (Å²) in [6, 6.07) is 22.0. The fourth-order valence-electron chi connectivity index (χ4n) is 6.90. The molecule has 1 aliphatic rings. The Kier molecular flexibility index (Phi) is 17.9. The van der Waals surface area contributed by atoms with E-state index in [2.05, 4.69) is 34.4 Å². The monoisotopic (exact) mass is 1070 g/mol. The Balaban J connectivity index is 0.923. The number of aromatic nitrogens is 4. The summed E-state index contributed by atoms with van der Waals surface area (Å²) < 4.78 is 62.5. The van der Waals surface area contributed by atoms with Crippen LogP contribution in [0, 0.1) is 5.41 Å². The van der Waals surface area contributed by atoms with Gasteiger partial charge in [-0.2, -0.15) is 4.31 Å². The minimum Gasteiger partial charge on any atom is -0.386 e. The van der Waals surface area contributed by atoms with Gasteiger partial charge < -0.3 is 56.6 Å². The number of rotatable bonds is 23. The summed E-state index contributed by atoms with van der Waals surface area (Å²) >= 11 is 0.895.